The number of thiophene rings is 1. The molecule has 0 atom stereocenters. The Kier molecular flexibility index (Phi) is 7.45. The maximum atomic E-state index is 15.1. The normalized spacial score (nSPS) is 11.8. The summed E-state index contributed by atoms with van der Waals surface area (Å²) >= 11 is 1.32. The molecule has 0 amide bonds. The predicted octanol–water partition coefficient (Wildman–Crippen LogP) is 6.30. The highest BCUT2D eigenvalue weighted by atomic mass is 32.1. The monoisotopic (exact) mass is 519 g/mol. The van der Waals surface area contributed by atoms with E-state index in [1.165, 1.54) is 11.3 Å². The van der Waals surface area contributed by atoms with Gasteiger partial charge in [-0.25, -0.2) is 14.8 Å². The Bertz CT molecular complexity index is 1410. The number of hydrogen-bond donors (Lipinski definition) is 1. The minimum absolute atomic E-state index is 0.373. The van der Waals surface area contributed by atoms with Crippen molar-refractivity contribution in [3.63, 3.8) is 0 Å². The van der Waals surface area contributed by atoms with Crippen LogP contribution in [0.15, 0.2) is 66.0 Å². The zero-order valence-electron chi connectivity index (χ0n) is 20.4. The number of nitrogens with one attached hydrogen (secondary N) is 1. The van der Waals surface area contributed by atoms with E-state index < -0.39 is 18.2 Å². The van der Waals surface area contributed by atoms with Crippen LogP contribution in [0.4, 0.5) is 8.78 Å². The van der Waals surface area contributed by atoms with Gasteiger partial charge in [-0.3, -0.25) is 0 Å². The Morgan fingerprint density at radius 2 is 1.78 bits per heavy atom. The molecule has 0 aliphatic carbocycles. The van der Waals surface area contributed by atoms with E-state index in [0.717, 1.165) is 41.5 Å². The Hall–Kier alpha value is -3.79. The Balaban J connectivity index is 1.39. The zero-order chi connectivity index (χ0) is 25.7. The fourth-order valence-corrected chi connectivity index (χ4v) is 5.02. The number of rotatable bonds is 11. The number of aromatic amines is 1. The molecule has 0 fully saturated rings. The third-order valence-corrected chi connectivity index (χ3v) is 7.06. The molecule has 1 N–H and O–H groups in total. The quantitative estimate of drug-likeness (QED) is 0.207. The molecular formula is C27H27F2N7S. The number of unbranched alkanes of at least 4 members (excludes halogenated alkanes) is 2. The average Bonchev–Trinajstić information content (AvgIpc) is 3.68. The lowest BCUT2D eigenvalue weighted by molar-refractivity contribution is -0.0125. The second-order valence-corrected chi connectivity index (χ2v) is 9.95. The van der Waals surface area contributed by atoms with Gasteiger partial charge in [0.1, 0.15) is 5.82 Å². The van der Waals surface area contributed by atoms with E-state index in [1.54, 1.807) is 22.2 Å². The molecule has 0 aliphatic heterocycles. The van der Waals surface area contributed by atoms with Gasteiger partial charge >= 0.3 is 5.92 Å². The molecule has 0 radical (unpaired) electrons. The Morgan fingerprint density at radius 1 is 0.973 bits per heavy atom. The first kappa shape index (κ1) is 24.9. The first-order chi connectivity index (χ1) is 18.0. The SMILES string of the molecule is CCCCCc1nc(C(F)(F)Cc2cccs2)nn1Cc1ccc(-c2ccccc2-c2nnn[nH]2)cc1. The first-order valence-electron chi connectivity index (χ1n) is 12.3. The van der Waals surface area contributed by atoms with Crippen LogP contribution in [-0.2, 0) is 25.3 Å². The van der Waals surface area contributed by atoms with Crippen molar-refractivity contribution in [2.24, 2.45) is 0 Å². The second kappa shape index (κ2) is 11.1. The van der Waals surface area contributed by atoms with Gasteiger partial charge < -0.3 is 0 Å². The van der Waals surface area contributed by atoms with Crippen molar-refractivity contribution in [1.29, 1.82) is 0 Å². The van der Waals surface area contributed by atoms with Crippen molar-refractivity contribution in [2.75, 3.05) is 0 Å². The lowest BCUT2D eigenvalue weighted by Gasteiger charge is -2.11. The molecule has 0 spiro atoms. The van der Waals surface area contributed by atoms with Crippen LogP contribution in [0.2, 0.25) is 0 Å². The van der Waals surface area contributed by atoms with Crippen molar-refractivity contribution in [1.82, 2.24) is 35.4 Å². The second-order valence-electron chi connectivity index (χ2n) is 8.92. The number of tetrazole rings is 1. The number of benzene rings is 2. The van der Waals surface area contributed by atoms with Crippen molar-refractivity contribution >= 4 is 11.3 Å². The number of aryl methyl sites for hydroxylation is 1. The zero-order valence-corrected chi connectivity index (χ0v) is 21.3. The molecule has 0 unspecified atom stereocenters. The van der Waals surface area contributed by atoms with Crippen LogP contribution in [0.5, 0.6) is 0 Å². The highest BCUT2D eigenvalue weighted by molar-refractivity contribution is 7.09. The standard InChI is InChI=1S/C27H27F2N7S/c1-2-3-4-11-24-30-26(27(28,29)17-21-8-7-16-37-21)33-36(24)18-19-12-14-20(15-13-19)22-9-5-6-10-23(22)25-31-34-35-32-25/h5-10,12-16H,2-4,11,17-18H2,1H3,(H,31,32,34,35). The van der Waals surface area contributed by atoms with Crippen molar-refractivity contribution in [2.45, 2.75) is 51.5 Å². The molecule has 37 heavy (non-hydrogen) atoms. The maximum Gasteiger partial charge on any atom is 0.313 e. The van der Waals surface area contributed by atoms with Crippen molar-refractivity contribution in [3.8, 4) is 22.5 Å². The van der Waals surface area contributed by atoms with Crippen LogP contribution in [0.1, 0.15) is 48.3 Å². The number of hydrogen-bond acceptors (Lipinski definition) is 6. The summed E-state index contributed by atoms with van der Waals surface area (Å²) in [4.78, 5) is 4.94. The fraction of sp³-hybridized carbons (Fsp3) is 0.296. The van der Waals surface area contributed by atoms with E-state index in [9.17, 15) is 0 Å². The number of halogens is 2. The topological polar surface area (TPSA) is 85.2 Å². The van der Waals surface area contributed by atoms with Gasteiger partial charge in [0.05, 0.1) is 13.0 Å². The van der Waals surface area contributed by atoms with Crippen LogP contribution >= 0.6 is 11.3 Å². The number of H-pyrrole nitrogens is 1. The maximum absolute atomic E-state index is 15.1. The Labute approximate surface area is 217 Å². The number of aromatic nitrogens is 7. The lowest BCUT2D eigenvalue weighted by Crippen LogP contribution is -2.19. The van der Waals surface area contributed by atoms with Gasteiger partial charge in [-0.05, 0) is 45.0 Å². The van der Waals surface area contributed by atoms with Crippen LogP contribution in [0.3, 0.4) is 0 Å². The highest BCUT2D eigenvalue weighted by Crippen LogP contribution is 2.32. The summed E-state index contributed by atoms with van der Waals surface area (Å²) < 4.78 is 31.8. The van der Waals surface area contributed by atoms with Crippen LogP contribution in [0.25, 0.3) is 22.5 Å². The summed E-state index contributed by atoms with van der Waals surface area (Å²) in [5.41, 5.74) is 3.84. The van der Waals surface area contributed by atoms with Crippen LogP contribution in [-0.4, -0.2) is 35.4 Å². The average molecular weight is 520 g/mol. The molecule has 5 rings (SSSR count). The predicted molar refractivity (Wildman–Crippen MR) is 139 cm³/mol. The van der Waals surface area contributed by atoms with Gasteiger partial charge in [0.2, 0.25) is 5.82 Å². The number of alkyl halides is 2. The van der Waals surface area contributed by atoms with Gasteiger partial charge in [-0.2, -0.15) is 8.78 Å². The van der Waals surface area contributed by atoms with E-state index in [-0.39, 0.29) is 0 Å². The van der Waals surface area contributed by atoms with E-state index in [2.05, 4.69) is 37.6 Å². The molecule has 0 aliphatic rings. The molecule has 7 nitrogen and oxygen atoms in total. The van der Waals surface area contributed by atoms with Crippen LogP contribution < -0.4 is 0 Å². The van der Waals surface area contributed by atoms with E-state index >= 15 is 8.78 Å². The fourth-order valence-electron chi connectivity index (χ4n) is 4.26. The summed E-state index contributed by atoms with van der Waals surface area (Å²) in [6.07, 6.45) is 3.17. The smallest absolute Gasteiger partial charge is 0.245 e. The summed E-state index contributed by atoms with van der Waals surface area (Å²) in [5.74, 6) is -2.34. The first-order valence-corrected chi connectivity index (χ1v) is 13.2. The van der Waals surface area contributed by atoms with E-state index in [0.29, 0.717) is 29.5 Å². The molecule has 3 heterocycles. The summed E-state index contributed by atoms with van der Waals surface area (Å²) in [6.45, 7) is 2.49. The molecule has 10 heteroatoms. The molecule has 0 saturated heterocycles. The molecule has 0 bridgehead atoms. The third-order valence-electron chi connectivity index (χ3n) is 6.18. The molecule has 3 aromatic heterocycles. The number of nitrogens with zero attached hydrogens (tertiary/aromatic N) is 6. The van der Waals surface area contributed by atoms with Gasteiger partial charge in [0, 0.05) is 16.9 Å². The van der Waals surface area contributed by atoms with Crippen molar-refractivity contribution < 1.29 is 8.78 Å². The van der Waals surface area contributed by atoms with Gasteiger partial charge in [0.25, 0.3) is 0 Å². The van der Waals surface area contributed by atoms with Crippen molar-refractivity contribution in [3.05, 3.63) is 88.1 Å². The minimum Gasteiger partial charge on any atom is -0.245 e. The van der Waals surface area contributed by atoms with E-state index in [1.807, 2.05) is 48.5 Å². The molecule has 2 aromatic carbocycles. The third kappa shape index (κ3) is 5.80. The minimum atomic E-state index is -3.13. The summed E-state index contributed by atoms with van der Waals surface area (Å²) in [5, 5.41) is 20.3. The largest absolute Gasteiger partial charge is 0.313 e. The molecule has 190 valence electrons. The van der Waals surface area contributed by atoms with Gasteiger partial charge in [0.15, 0.2) is 5.82 Å². The summed E-state index contributed by atoms with van der Waals surface area (Å²) in [6, 6.07) is 19.4. The van der Waals surface area contributed by atoms with Gasteiger partial charge in [-0.15, -0.1) is 21.5 Å². The molecular weight excluding hydrogens is 492 g/mol. The molecule has 0 saturated carbocycles. The molecule has 5 aromatic rings. The highest BCUT2D eigenvalue weighted by Gasteiger charge is 2.37. The van der Waals surface area contributed by atoms with Crippen LogP contribution in [0, 0.1) is 0 Å². The summed E-state index contributed by atoms with van der Waals surface area (Å²) in [7, 11) is 0. The van der Waals surface area contributed by atoms with Gasteiger partial charge in [-0.1, -0.05) is 74.4 Å². The Morgan fingerprint density at radius 3 is 2.49 bits per heavy atom. The van der Waals surface area contributed by atoms with E-state index in [4.69, 9.17) is 0 Å². The lowest BCUT2D eigenvalue weighted by atomic mass is 9.98.